The minimum Gasteiger partial charge on any atom is -0.308 e. The molecule has 2 aromatic carbocycles. The summed E-state index contributed by atoms with van der Waals surface area (Å²) in [5, 5.41) is 13.8. The molecule has 3 rings (SSSR count). The summed E-state index contributed by atoms with van der Waals surface area (Å²) in [4.78, 5) is 1.64. The Morgan fingerprint density at radius 1 is 1.00 bits per heavy atom. The molecule has 25 heavy (non-hydrogen) atoms. The average Bonchev–Trinajstić information content (AvgIpc) is 3.02. The summed E-state index contributed by atoms with van der Waals surface area (Å²) in [5.74, 6) is 0. The fraction of sp³-hybridized carbons (Fsp3) is 0.158. The van der Waals surface area contributed by atoms with E-state index in [9.17, 15) is 0 Å². The normalized spacial score (nSPS) is 10.8. The maximum atomic E-state index is 6.27. The van der Waals surface area contributed by atoms with E-state index in [1.807, 2.05) is 54.6 Å². The lowest BCUT2D eigenvalue weighted by molar-refractivity contribution is 0.580. The van der Waals surface area contributed by atoms with Crippen LogP contribution in [0, 0.1) is 0 Å². The number of hydrogen-bond donors (Lipinski definition) is 1. The van der Waals surface area contributed by atoms with Crippen LogP contribution >= 0.6 is 23.2 Å². The van der Waals surface area contributed by atoms with Crippen molar-refractivity contribution in [1.82, 2.24) is 20.3 Å². The SMILES string of the molecule is C=CCNCc1nn(Cc2c(Cl)cccc2Cl)nc1-c1ccccc1. The van der Waals surface area contributed by atoms with Crippen LogP contribution in [0.25, 0.3) is 11.3 Å². The Balaban J connectivity index is 1.94. The Morgan fingerprint density at radius 2 is 1.72 bits per heavy atom. The Hall–Kier alpha value is -2.14. The second kappa shape index (κ2) is 8.30. The molecular weight excluding hydrogens is 355 g/mol. The highest BCUT2D eigenvalue weighted by atomic mass is 35.5. The molecule has 0 aliphatic heterocycles. The van der Waals surface area contributed by atoms with Gasteiger partial charge in [0.05, 0.1) is 6.54 Å². The lowest BCUT2D eigenvalue weighted by atomic mass is 10.1. The Bertz CT molecular complexity index is 839. The molecule has 128 valence electrons. The van der Waals surface area contributed by atoms with Gasteiger partial charge in [-0.15, -0.1) is 6.58 Å². The first-order chi connectivity index (χ1) is 12.2. The van der Waals surface area contributed by atoms with Crippen molar-refractivity contribution in [1.29, 1.82) is 0 Å². The van der Waals surface area contributed by atoms with Gasteiger partial charge in [-0.25, -0.2) is 0 Å². The van der Waals surface area contributed by atoms with Crippen LogP contribution in [-0.2, 0) is 13.1 Å². The summed E-state index contributed by atoms with van der Waals surface area (Å²) in [7, 11) is 0. The standard InChI is InChI=1S/C19H18Cl2N4/c1-2-11-22-12-18-19(14-7-4-3-5-8-14)24-25(23-18)13-15-16(20)9-6-10-17(15)21/h2-10,22H,1,11-13H2. The second-order valence-corrected chi connectivity index (χ2v) is 6.33. The van der Waals surface area contributed by atoms with Crippen molar-refractivity contribution in [3.8, 4) is 11.3 Å². The van der Waals surface area contributed by atoms with Crippen LogP contribution in [-0.4, -0.2) is 21.5 Å². The maximum Gasteiger partial charge on any atom is 0.117 e. The molecule has 1 heterocycles. The summed E-state index contributed by atoms with van der Waals surface area (Å²) in [5.41, 5.74) is 3.55. The van der Waals surface area contributed by atoms with Crippen LogP contribution in [0.3, 0.4) is 0 Å². The van der Waals surface area contributed by atoms with E-state index in [1.165, 1.54) is 0 Å². The Morgan fingerprint density at radius 3 is 2.40 bits per heavy atom. The van der Waals surface area contributed by atoms with Gasteiger partial charge >= 0.3 is 0 Å². The Kier molecular flexibility index (Phi) is 5.87. The zero-order valence-electron chi connectivity index (χ0n) is 13.6. The van der Waals surface area contributed by atoms with Crippen molar-refractivity contribution in [2.24, 2.45) is 0 Å². The fourth-order valence-corrected chi connectivity index (χ4v) is 3.03. The number of aromatic nitrogens is 3. The summed E-state index contributed by atoms with van der Waals surface area (Å²) >= 11 is 12.5. The van der Waals surface area contributed by atoms with Gasteiger partial charge in [0.25, 0.3) is 0 Å². The van der Waals surface area contributed by atoms with Crippen molar-refractivity contribution in [2.75, 3.05) is 6.54 Å². The highest BCUT2D eigenvalue weighted by Gasteiger charge is 2.14. The summed E-state index contributed by atoms with van der Waals surface area (Å²) in [6, 6.07) is 15.5. The molecule has 3 aromatic rings. The molecular formula is C19H18Cl2N4. The highest BCUT2D eigenvalue weighted by molar-refractivity contribution is 6.35. The molecule has 1 N–H and O–H groups in total. The van der Waals surface area contributed by atoms with E-state index >= 15 is 0 Å². The van der Waals surface area contributed by atoms with Crippen LogP contribution in [0.2, 0.25) is 10.0 Å². The molecule has 1 aromatic heterocycles. The van der Waals surface area contributed by atoms with Crippen molar-refractivity contribution in [3.05, 3.63) is 82.5 Å². The van der Waals surface area contributed by atoms with Crippen LogP contribution in [0.5, 0.6) is 0 Å². The number of benzene rings is 2. The summed E-state index contributed by atoms with van der Waals surface area (Å²) < 4.78 is 0. The first-order valence-corrected chi connectivity index (χ1v) is 8.68. The Labute approximate surface area is 157 Å². The molecule has 0 bridgehead atoms. The van der Waals surface area contributed by atoms with Crippen molar-refractivity contribution < 1.29 is 0 Å². The molecule has 0 spiro atoms. The van der Waals surface area contributed by atoms with Crippen molar-refractivity contribution >= 4 is 23.2 Å². The van der Waals surface area contributed by atoms with Gasteiger partial charge in [0, 0.05) is 34.3 Å². The van der Waals surface area contributed by atoms with E-state index < -0.39 is 0 Å². The average molecular weight is 373 g/mol. The molecule has 0 saturated carbocycles. The number of nitrogens with zero attached hydrogens (tertiary/aromatic N) is 3. The topological polar surface area (TPSA) is 42.7 Å². The number of hydrogen-bond acceptors (Lipinski definition) is 3. The van der Waals surface area contributed by atoms with E-state index in [4.69, 9.17) is 23.2 Å². The number of rotatable bonds is 7. The van der Waals surface area contributed by atoms with Gasteiger partial charge in [-0.05, 0) is 12.1 Å². The van der Waals surface area contributed by atoms with Gasteiger partial charge in [-0.2, -0.15) is 15.0 Å². The van der Waals surface area contributed by atoms with Crippen LogP contribution < -0.4 is 5.32 Å². The van der Waals surface area contributed by atoms with Crippen molar-refractivity contribution in [2.45, 2.75) is 13.1 Å². The monoisotopic (exact) mass is 372 g/mol. The highest BCUT2D eigenvalue weighted by Crippen LogP contribution is 2.26. The zero-order chi connectivity index (χ0) is 17.6. The summed E-state index contributed by atoms with van der Waals surface area (Å²) in [6.07, 6.45) is 1.82. The molecule has 0 atom stereocenters. The first-order valence-electron chi connectivity index (χ1n) is 7.93. The van der Waals surface area contributed by atoms with E-state index in [-0.39, 0.29) is 0 Å². The molecule has 0 fully saturated rings. The minimum atomic E-state index is 0.416. The third-order valence-electron chi connectivity index (χ3n) is 3.71. The van der Waals surface area contributed by atoms with E-state index in [2.05, 4.69) is 22.1 Å². The minimum absolute atomic E-state index is 0.416. The lowest BCUT2D eigenvalue weighted by Gasteiger charge is -2.05. The molecule has 6 heteroatoms. The largest absolute Gasteiger partial charge is 0.308 e. The molecule has 0 unspecified atom stereocenters. The smallest absolute Gasteiger partial charge is 0.117 e. The van der Waals surface area contributed by atoms with Crippen LogP contribution in [0.1, 0.15) is 11.3 Å². The zero-order valence-corrected chi connectivity index (χ0v) is 15.1. The summed E-state index contributed by atoms with van der Waals surface area (Å²) in [6.45, 7) is 5.45. The maximum absolute atomic E-state index is 6.27. The lowest BCUT2D eigenvalue weighted by Crippen LogP contribution is -2.14. The molecule has 0 amide bonds. The predicted molar refractivity (Wildman–Crippen MR) is 103 cm³/mol. The second-order valence-electron chi connectivity index (χ2n) is 5.51. The van der Waals surface area contributed by atoms with Gasteiger partial charge in [0.1, 0.15) is 11.4 Å². The molecule has 0 radical (unpaired) electrons. The molecule has 0 saturated heterocycles. The third-order valence-corrected chi connectivity index (χ3v) is 4.42. The van der Waals surface area contributed by atoms with Crippen LogP contribution in [0.15, 0.2) is 61.2 Å². The fourth-order valence-electron chi connectivity index (χ4n) is 2.51. The van der Waals surface area contributed by atoms with Crippen molar-refractivity contribution in [3.63, 3.8) is 0 Å². The third kappa shape index (κ3) is 4.28. The van der Waals surface area contributed by atoms with Gasteiger partial charge < -0.3 is 5.32 Å². The molecule has 0 aliphatic rings. The number of nitrogens with one attached hydrogen (secondary N) is 1. The van der Waals surface area contributed by atoms with Gasteiger partial charge in [0.15, 0.2) is 0 Å². The van der Waals surface area contributed by atoms with E-state index in [1.54, 1.807) is 4.80 Å². The number of halogens is 2. The molecule has 0 aliphatic carbocycles. The predicted octanol–water partition coefficient (Wildman–Crippen LogP) is 4.58. The van der Waals surface area contributed by atoms with E-state index in [0.29, 0.717) is 29.7 Å². The van der Waals surface area contributed by atoms with Gasteiger partial charge in [-0.1, -0.05) is 65.7 Å². The quantitative estimate of drug-likeness (QED) is 0.487. The first kappa shape index (κ1) is 17.7. The van der Waals surface area contributed by atoms with Gasteiger partial charge in [-0.3, -0.25) is 0 Å². The molecule has 4 nitrogen and oxygen atoms in total. The van der Waals surface area contributed by atoms with Crippen LogP contribution in [0.4, 0.5) is 0 Å². The van der Waals surface area contributed by atoms with E-state index in [0.717, 1.165) is 22.5 Å². The van der Waals surface area contributed by atoms with Gasteiger partial charge in [0.2, 0.25) is 0 Å².